The maximum absolute atomic E-state index is 12.5. The lowest BCUT2D eigenvalue weighted by molar-refractivity contribution is -0.127. The maximum atomic E-state index is 12.5. The fraction of sp³-hybridized carbons (Fsp3) is 0.333. The molecule has 2 N–H and O–H groups in total. The van der Waals surface area contributed by atoms with Crippen LogP contribution in [0.1, 0.15) is 18.6 Å². The second-order valence-electron chi connectivity index (χ2n) is 7.11. The van der Waals surface area contributed by atoms with E-state index < -0.39 is 16.1 Å². The lowest BCUT2D eigenvalue weighted by Gasteiger charge is -2.31. The molecule has 1 saturated heterocycles. The van der Waals surface area contributed by atoms with Gasteiger partial charge in [0, 0.05) is 31.4 Å². The summed E-state index contributed by atoms with van der Waals surface area (Å²) in [6.07, 6.45) is 5.46. The summed E-state index contributed by atoms with van der Waals surface area (Å²) < 4.78 is 37.4. The molecular weight excluding hydrogens is 422 g/mol. The van der Waals surface area contributed by atoms with Crippen LogP contribution in [0.15, 0.2) is 58.1 Å². The number of carbonyl (C=O) groups excluding carboxylic acids is 2. The van der Waals surface area contributed by atoms with Gasteiger partial charge in [-0.2, -0.15) is 0 Å². The lowest BCUT2D eigenvalue weighted by atomic mass is 9.97. The van der Waals surface area contributed by atoms with E-state index in [1.54, 1.807) is 29.4 Å². The zero-order valence-corrected chi connectivity index (χ0v) is 17.9. The average Bonchev–Trinajstić information content (AvgIpc) is 3.30. The molecule has 1 aromatic carbocycles. The SMILES string of the molecule is COC(=O)Nc1ccc(S(=O)(=O)NCC2CCN(C(=O)/C=C/c3ccco3)CC2)cc1. The number of hydrogen-bond donors (Lipinski definition) is 2. The van der Waals surface area contributed by atoms with Crippen molar-refractivity contribution in [2.45, 2.75) is 17.7 Å². The predicted molar refractivity (Wildman–Crippen MR) is 115 cm³/mol. The lowest BCUT2D eigenvalue weighted by Crippen LogP contribution is -2.40. The van der Waals surface area contributed by atoms with Crippen molar-refractivity contribution < 1.29 is 27.2 Å². The smallest absolute Gasteiger partial charge is 0.411 e. The number of likely N-dealkylation sites (tertiary alicyclic amines) is 1. The first-order valence-corrected chi connectivity index (χ1v) is 11.3. The van der Waals surface area contributed by atoms with E-state index in [4.69, 9.17) is 4.42 Å². The van der Waals surface area contributed by atoms with E-state index in [1.807, 2.05) is 0 Å². The van der Waals surface area contributed by atoms with E-state index >= 15 is 0 Å². The van der Waals surface area contributed by atoms with Crippen LogP contribution in [0, 0.1) is 5.92 Å². The number of carbonyl (C=O) groups is 2. The Morgan fingerprint density at radius 2 is 1.90 bits per heavy atom. The van der Waals surface area contributed by atoms with Crippen LogP contribution in [0.25, 0.3) is 6.08 Å². The highest BCUT2D eigenvalue weighted by molar-refractivity contribution is 7.89. The second kappa shape index (κ2) is 10.3. The van der Waals surface area contributed by atoms with E-state index in [2.05, 4.69) is 14.8 Å². The molecule has 0 unspecified atom stereocenters. The van der Waals surface area contributed by atoms with Gasteiger partial charge in [0.1, 0.15) is 5.76 Å². The van der Waals surface area contributed by atoms with Gasteiger partial charge in [-0.15, -0.1) is 0 Å². The first kappa shape index (κ1) is 22.6. The Bertz CT molecular complexity index is 1010. The summed E-state index contributed by atoms with van der Waals surface area (Å²) in [6.45, 7) is 1.44. The van der Waals surface area contributed by atoms with Crippen LogP contribution in [0.2, 0.25) is 0 Å². The quantitative estimate of drug-likeness (QED) is 0.630. The molecule has 3 rings (SSSR count). The summed E-state index contributed by atoms with van der Waals surface area (Å²) in [5.74, 6) is 0.677. The van der Waals surface area contributed by atoms with E-state index in [9.17, 15) is 18.0 Å². The van der Waals surface area contributed by atoms with Crippen molar-refractivity contribution in [1.82, 2.24) is 9.62 Å². The van der Waals surface area contributed by atoms with Gasteiger partial charge in [0.05, 0.1) is 18.3 Å². The highest BCUT2D eigenvalue weighted by atomic mass is 32.2. The van der Waals surface area contributed by atoms with Crippen molar-refractivity contribution in [2.75, 3.05) is 32.1 Å². The molecule has 1 aliphatic heterocycles. The Labute approximate surface area is 181 Å². The minimum absolute atomic E-state index is 0.0870. The molecule has 1 aliphatic rings. The Balaban J connectivity index is 1.46. The zero-order valence-electron chi connectivity index (χ0n) is 17.1. The number of hydrogen-bond acceptors (Lipinski definition) is 6. The third-order valence-electron chi connectivity index (χ3n) is 5.02. The van der Waals surface area contributed by atoms with E-state index in [0.717, 1.165) is 0 Å². The van der Waals surface area contributed by atoms with Crippen molar-refractivity contribution in [1.29, 1.82) is 0 Å². The van der Waals surface area contributed by atoms with Gasteiger partial charge >= 0.3 is 6.09 Å². The largest absolute Gasteiger partial charge is 0.465 e. The van der Waals surface area contributed by atoms with Gasteiger partial charge in [0.15, 0.2) is 0 Å². The van der Waals surface area contributed by atoms with Crippen LogP contribution in [-0.2, 0) is 19.6 Å². The maximum Gasteiger partial charge on any atom is 0.411 e. The molecule has 0 atom stereocenters. The Hall–Kier alpha value is -3.11. The Kier molecular flexibility index (Phi) is 7.48. The molecule has 0 spiro atoms. The van der Waals surface area contributed by atoms with Crippen molar-refractivity contribution >= 4 is 33.8 Å². The van der Waals surface area contributed by atoms with E-state index in [0.29, 0.717) is 43.9 Å². The van der Waals surface area contributed by atoms with Crippen LogP contribution < -0.4 is 10.0 Å². The van der Waals surface area contributed by atoms with Crippen LogP contribution >= 0.6 is 0 Å². The van der Waals surface area contributed by atoms with E-state index in [1.165, 1.54) is 37.5 Å². The molecule has 31 heavy (non-hydrogen) atoms. The summed E-state index contributed by atoms with van der Waals surface area (Å²) in [7, 11) is -2.42. The predicted octanol–water partition coefficient (Wildman–Crippen LogP) is 2.69. The summed E-state index contributed by atoms with van der Waals surface area (Å²) in [4.78, 5) is 25.3. The van der Waals surface area contributed by atoms with Crippen LogP contribution in [-0.4, -0.2) is 52.1 Å². The molecule has 0 saturated carbocycles. The summed E-state index contributed by atoms with van der Waals surface area (Å²) in [6, 6.07) is 9.34. The number of amides is 2. The first-order valence-electron chi connectivity index (χ1n) is 9.82. The Morgan fingerprint density at radius 3 is 2.52 bits per heavy atom. The molecule has 0 bridgehead atoms. The number of methoxy groups -OCH3 is 1. The van der Waals surface area contributed by atoms with Gasteiger partial charge in [-0.25, -0.2) is 17.9 Å². The average molecular weight is 448 g/mol. The van der Waals surface area contributed by atoms with Crippen LogP contribution in [0.5, 0.6) is 0 Å². The van der Waals surface area contributed by atoms with Crippen molar-refractivity contribution in [3.8, 4) is 0 Å². The topological polar surface area (TPSA) is 118 Å². The first-order chi connectivity index (χ1) is 14.9. The third-order valence-corrected chi connectivity index (χ3v) is 6.46. The summed E-state index contributed by atoms with van der Waals surface area (Å²) in [5, 5.41) is 2.47. The molecule has 0 radical (unpaired) electrons. The van der Waals surface area contributed by atoms with Gasteiger partial charge in [-0.3, -0.25) is 10.1 Å². The van der Waals surface area contributed by atoms with Gasteiger partial charge in [0.25, 0.3) is 0 Å². The number of benzene rings is 1. The number of anilines is 1. The number of nitrogens with one attached hydrogen (secondary N) is 2. The molecular formula is C21H25N3O6S. The van der Waals surface area contributed by atoms with Gasteiger partial charge in [-0.05, 0) is 61.2 Å². The zero-order chi connectivity index (χ0) is 22.3. The number of nitrogens with zero attached hydrogens (tertiary/aromatic N) is 1. The highest BCUT2D eigenvalue weighted by Gasteiger charge is 2.23. The monoisotopic (exact) mass is 447 g/mol. The van der Waals surface area contributed by atoms with E-state index in [-0.39, 0.29) is 16.7 Å². The standard InChI is InChI=1S/C21H25N3O6S/c1-29-21(26)23-17-4-7-19(8-5-17)31(27,28)22-15-16-10-12-24(13-11-16)20(25)9-6-18-3-2-14-30-18/h2-9,14,16,22H,10-13,15H2,1H3,(H,23,26)/b9-6+. The fourth-order valence-corrected chi connectivity index (χ4v) is 4.32. The van der Waals surface area contributed by atoms with Crippen LogP contribution in [0.3, 0.4) is 0 Å². The molecule has 166 valence electrons. The third kappa shape index (κ3) is 6.43. The van der Waals surface area contributed by atoms with Crippen molar-refractivity contribution in [3.63, 3.8) is 0 Å². The normalized spacial score (nSPS) is 15.2. The number of rotatable bonds is 7. The highest BCUT2D eigenvalue weighted by Crippen LogP contribution is 2.19. The second-order valence-corrected chi connectivity index (χ2v) is 8.88. The fourth-order valence-electron chi connectivity index (χ4n) is 3.20. The van der Waals surface area contributed by atoms with Crippen LogP contribution in [0.4, 0.5) is 10.5 Å². The molecule has 10 heteroatoms. The molecule has 2 heterocycles. The minimum Gasteiger partial charge on any atom is -0.465 e. The van der Waals surface area contributed by atoms with Gasteiger partial charge in [-0.1, -0.05) is 0 Å². The van der Waals surface area contributed by atoms with Gasteiger partial charge < -0.3 is 14.1 Å². The van der Waals surface area contributed by atoms with Crippen molar-refractivity contribution in [3.05, 3.63) is 54.5 Å². The molecule has 1 fully saturated rings. The number of furan rings is 1. The Morgan fingerprint density at radius 1 is 1.19 bits per heavy atom. The number of sulfonamides is 1. The van der Waals surface area contributed by atoms with Gasteiger partial charge in [0.2, 0.25) is 15.9 Å². The minimum atomic E-state index is -3.67. The van der Waals surface area contributed by atoms with Crippen molar-refractivity contribution in [2.24, 2.45) is 5.92 Å². The molecule has 9 nitrogen and oxygen atoms in total. The molecule has 2 amide bonds. The summed E-state index contributed by atoms with van der Waals surface area (Å²) in [5.41, 5.74) is 0.434. The number of ether oxygens (including phenoxy) is 1. The summed E-state index contributed by atoms with van der Waals surface area (Å²) >= 11 is 0. The molecule has 1 aromatic heterocycles. The molecule has 0 aliphatic carbocycles. The molecule has 2 aromatic rings. The number of piperidine rings is 1.